The summed E-state index contributed by atoms with van der Waals surface area (Å²) >= 11 is 0. The van der Waals surface area contributed by atoms with Crippen molar-refractivity contribution in [1.29, 1.82) is 0 Å². The molecule has 0 amide bonds. The molecule has 0 radical (unpaired) electrons. The lowest BCUT2D eigenvalue weighted by Gasteiger charge is -2.16. The number of hydrogen-bond donors (Lipinski definition) is 0. The van der Waals surface area contributed by atoms with Crippen LogP contribution in [-0.2, 0) is 25.0 Å². The molecule has 4 rings (SSSR count). The largest absolute Gasteiger partial charge is 0.338 e. The number of rotatable bonds is 3. The van der Waals surface area contributed by atoms with Gasteiger partial charge in [0.15, 0.2) is 0 Å². The second-order valence-corrected chi connectivity index (χ2v) is 7.44. The number of benzene rings is 1. The van der Waals surface area contributed by atoms with Gasteiger partial charge in [-0.05, 0) is 0 Å². The van der Waals surface area contributed by atoms with Crippen LogP contribution in [0.3, 0.4) is 0 Å². The van der Waals surface area contributed by atoms with Crippen molar-refractivity contribution < 1.29 is 4.52 Å². The Bertz CT molecular complexity index is 882. The second kappa shape index (κ2) is 6.04. The van der Waals surface area contributed by atoms with E-state index in [0.29, 0.717) is 18.3 Å². The molecule has 0 N–H and O–H groups in total. The van der Waals surface area contributed by atoms with E-state index < -0.39 is 0 Å². The Balaban J connectivity index is 1.47. The summed E-state index contributed by atoms with van der Waals surface area (Å²) in [7, 11) is 0. The minimum Gasteiger partial charge on any atom is -0.338 e. The van der Waals surface area contributed by atoms with Crippen LogP contribution >= 0.6 is 0 Å². The van der Waals surface area contributed by atoms with Crippen LogP contribution in [0.25, 0.3) is 11.4 Å². The topological polar surface area (TPSA) is 67.9 Å². The van der Waals surface area contributed by atoms with Crippen molar-refractivity contribution in [3.05, 3.63) is 59.5 Å². The van der Waals surface area contributed by atoms with Crippen LogP contribution in [0.2, 0.25) is 0 Å². The molecule has 0 saturated carbocycles. The van der Waals surface area contributed by atoms with E-state index in [9.17, 15) is 0 Å². The normalized spacial score (nSPS) is 14.7. The number of aromatic nitrogens is 4. The Morgan fingerprint density at radius 1 is 1.08 bits per heavy atom. The van der Waals surface area contributed by atoms with Gasteiger partial charge in [0.1, 0.15) is 5.82 Å². The minimum atomic E-state index is -0.0421. The summed E-state index contributed by atoms with van der Waals surface area (Å²) in [4.78, 5) is 16.0. The molecule has 6 heteroatoms. The molecule has 0 saturated heterocycles. The van der Waals surface area contributed by atoms with Gasteiger partial charge in [-0.1, -0.05) is 56.3 Å². The lowest BCUT2D eigenvalue weighted by Crippen LogP contribution is -2.17. The number of hydrogen-bond acceptors (Lipinski definition) is 6. The zero-order valence-electron chi connectivity index (χ0n) is 14.7. The maximum Gasteiger partial charge on any atom is 0.241 e. The molecule has 0 atom stereocenters. The summed E-state index contributed by atoms with van der Waals surface area (Å²) in [6, 6.07) is 9.86. The zero-order chi connectivity index (χ0) is 17.4. The highest BCUT2D eigenvalue weighted by molar-refractivity contribution is 5.53. The van der Waals surface area contributed by atoms with Gasteiger partial charge in [0, 0.05) is 35.8 Å². The van der Waals surface area contributed by atoms with E-state index in [2.05, 4.69) is 40.8 Å². The lowest BCUT2D eigenvalue weighted by molar-refractivity contribution is 0.230. The highest BCUT2D eigenvalue weighted by Crippen LogP contribution is 2.26. The molecule has 1 aliphatic heterocycles. The molecule has 1 aromatic carbocycles. The Morgan fingerprint density at radius 3 is 2.64 bits per heavy atom. The molecule has 0 bridgehead atoms. The molecule has 3 aromatic rings. The predicted octanol–water partition coefficient (Wildman–Crippen LogP) is 3.34. The first-order valence-electron chi connectivity index (χ1n) is 8.45. The van der Waals surface area contributed by atoms with E-state index in [-0.39, 0.29) is 5.41 Å². The average Bonchev–Trinajstić information content (AvgIpc) is 3.20. The van der Waals surface area contributed by atoms with Crippen LogP contribution in [0.4, 0.5) is 0 Å². The molecule has 0 spiro atoms. The summed E-state index contributed by atoms with van der Waals surface area (Å²) in [6.07, 6.45) is 1.95. The Morgan fingerprint density at radius 2 is 1.88 bits per heavy atom. The Kier molecular flexibility index (Phi) is 3.84. The highest BCUT2D eigenvalue weighted by atomic mass is 16.5. The molecular formula is C19H21N5O. The lowest BCUT2D eigenvalue weighted by atomic mass is 9.95. The monoisotopic (exact) mass is 335 g/mol. The van der Waals surface area contributed by atoms with Crippen molar-refractivity contribution in [3.63, 3.8) is 0 Å². The van der Waals surface area contributed by atoms with E-state index in [0.717, 1.165) is 30.2 Å². The van der Waals surface area contributed by atoms with Gasteiger partial charge in [-0.15, -0.1) is 0 Å². The van der Waals surface area contributed by atoms with E-state index in [4.69, 9.17) is 9.51 Å². The fraction of sp³-hybridized carbons (Fsp3) is 0.368. The predicted molar refractivity (Wildman–Crippen MR) is 93.4 cm³/mol. The fourth-order valence-corrected chi connectivity index (χ4v) is 2.91. The first kappa shape index (κ1) is 15.9. The van der Waals surface area contributed by atoms with E-state index in [1.54, 1.807) is 0 Å². The summed E-state index contributed by atoms with van der Waals surface area (Å²) in [5.41, 5.74) is 3.20. The number of fused-ring (bicyclic) bond motifs is 1. The van der Waals surface area contributed by atoms with Crippen LogP contribution in [0.5, 0.6) is 0 Å². The molecule has 2 aromatic heterocycles. The highest BCUT2D eigenvalue weighted by Gasteiger charge is 2.26. The third kappa shape index (κ3) is 3.30. The molecule has 128 valence electrons. The summed E-state index contributed by atoms with van der Waals surface area (Å²) in [5, 5.41) is 4.08. The summed E-state index contributed by atoms with van der Waals surface area (Å²) in [6.45, 7) is 8.59. The maximum atomic E-state index is 5.42. The average molecular weight is 335 g/mol. The van der Waals surface area contributed by atoms with Gasteiger partial charge < -0.3 is 4.52 Å². The van der Waals surface area contributed by atoms with Crippen LogP contribution in [-0.4, -0.2) is 25.0 Å². The maximum absolute atomic E-state index is 5.42. The third-order valence-corrected chi connectivity index (χ3v) is 4.25. The Labute approximate surface area is 146 Å². The summed E-state index contributed by atoms with van der Waals surface area (Å²) in [5.74, 6) is 2.13. The van der Waals surface area contributed by atoms with Gasteiger partial charge in [-0.25, -0.2) is 9.97 Å². The van der Waals surface area contributed by atoms with Crippen LogP contribution in [0, 0.1) is 0 Å². The van der Waals surface area contributed by atoms with Gasteiger partial charge in [0.05, 0.1) is 12.2 Å². The Hall–Kier alpha value is -2.60. The molecule has 0 unspecified atom stereocenters. The van der Waals surface area contributed by atoms with Gasteiger partial charge in [0.25, 0.3) is 0 Å². The van der Waals surface area contributed by atoms with Gasteiger partial charge in [0.2, 0.25) is 11.7 Å². The van der Waals surface area contributed by atoms with Crippen LogP contribution in [0.15, 0.2) is 41.1 Å². The standard InChI is InChI=1S/C19H21N5O/c1-19(2,3)18-20-9-14-10-24(11-15(14)21-18)12-16-22-17(23-25-16)13-7-5-4-6-8-13/h4-9H,10-12H2,1-3H3. The fourth-order valence-electron chi connectivity index (χ4n) is 2.91. The molecular weight excluding hydrogens is 314 g/mol. The van der Waals surface area contributed by atoms with E-state index in [1.807, 2.05) is 36.5 Å². The smallest absolute Gasteiger partial charge is 0.241 e. The first-order valence-corrected chi connectivity index (χ1v) is 8.45. The molecule has 25 heavy (non-hydrogen) atoms. The van der Waals surface area contributed by atoms with E-state index in [1.165, 1.54) is 5.56 Å². The number of nitrogens with zero attached hydrogens (tertiary/aromatic N) is 5. The van der Waals surface area contributed by atoms with E-state index >= 15 is 0 Å². The zero-order valence-corrected chi connectivity index (χ0v) is 14.7. The van der Waals surface area contributed by atoms with Crippen molar-refractivity contribution >= 4 is 0 Å². The molecule has 0 aliphatic carbocycles. The molecule has 1 aliphatic rings. The van der Waals surface area contributed by atoms with Gasteiger partial charge in [-0.3, -0.25) is 4.90 Å². The minimum absolute atomic E-state index is 0.0421. The second-order valence-electron chi connectivity index (χ2n) is 7.44. The van der Waals surface area contributed by atoms with Gasteiger partial charge >= 0.3 is 0 Å². The van der Waals surface area contributed by atoms with Gasteiger partial charge in [-0.2, -0.15) is 4.98 Å². The van der Waals surface area contributed by atoms with Crippen molar-refractivity contribution in [2.45, 2.75) is 45.8 Å². The van der Waals surface area contributed by atoms with Crippen molar-refractivity contribution in [3.8, 4) is 11.4 Å². The van der Waals surface area contributed by atoms with Crippen molar-refractivity contribution in [2.24, 2.45) is 0 Å². The first-order chi connectivity index (χ1) is 12.0. The summed E-state index contributed by atoms with van der Waals surface area (Å²) < 4.78 is 5.42. The third-order valence-electron chi connectivity index (χ3n) is 4.25. The van der Waals surface area contributed by atoms with Crippen LogP contribution < -0.4 is 0 Å². The molecule has 0 fully saturated rings. The SMILES string of the molecule is CC(C)(C)c1ncc2c(n1)CN(Cc1nc(-c3ccccc3)no1)C2. The van der Waals surface area contributed by atoms with Crippen LogP contribution in [0.1, 0.15) is 43.7 Å². The molecule has 3 heterocycles. The van der Waals surface area contributed by atoms with Crippen molar-refractivity contribution in [2.75, 3.05) is 0 Å². The quantitative estimate of drug-likeness (QED) is 0.731. The molecule has 6 nitrogen and oxygen atoms in total. The van der Waals surface area contributed by atoms with Crippen molar-refractivity contribution in [1.82, 2.24) is 25.0 Å².